The zero-order chi connectivity index (χ0) is 15.1. The summed E-state index contributed by atoms with van der Waals surface area (Å²) in [7, 11) is 0. The van der Waals surface area contributed by atoms with Crippen molar-refractivity contribution >= 4 is 5.91 Å². The first-order chi connectivity index (χ1) is 9.53. The van der Waals surface area contributed by atoms with Crippen molar-refractivity contribution in [2.45, 2.75) is 66.6 Å². The molecule has 0 spiro atoms. The van der Waals surface area contributed by atoms with Crippen molar-refractivity contribution in [1.82, 2.24) is 20.4 Å². The molecule has 1 aromatic rings. The van der Waals surface area contributed by atoms with E-state index in [1.54, 1.807) is 4.68 Å². The Kier molecular flexibility index (Phi) is 6.71. The topological polar surface area (TPSA) is 59.0 Å². The highest BCUT2D eigenvalue weighted by atomic mass is 16.2. The monoisotopic (exact) mass is 280 g/mol. The maximum absolute atomic E-state index is 12.0. The van der Waals surface area contributed by atoms with Gasteiger partial charge in [-0.1, -0.05) is 20.8 Å². The van der Waals surface area contributed by atoms with Gasteiger partial charge in [0.25, 0.3) is 0 Å². The molecule has 1 aromatic heterocycles. The largest absolute Gasteiger partial charge is 0.352 e. The second kappa shape index (κ2) is 8.04. The number of hydrogen-bond acceptors (Lipinski definition) is 3. The van der Waals surface area contributed by atoms with Crippen LogP contribution in [0.2, 0.25) is 0 Å². The van der Waals surface area contributed by atoms with Gasteiger partial charge in [-0.25, -0.2) is 0 Å². The third-order valence-electron chi connectivity index (χ3n) is 3.73. The lowest BCUT2D eigenvalue weighted by Crippen LogP contribution is -2.36. The van der Waals surface area contributed by atoms with Crippen molar-refractivity contribution < 1.29 is 4.79 Å². The molecule has 0 aromatic carbocycles. The number of rotatable bonds is 8. The summed E-state index contributed by atoms with van der Waals surface area (Å²) >= 11 is 0. The first kappa shape index (κ1) is 16.7. The van der Waals surface area contributed by atoms with Crippen molar-refractivity contribution in [3.05, 3.63) is 17.0 Å². The van der Waals surface area contributed by atoms with Crippen molar-refractivity contribution in [2.75, 3.05) is 6.54 Å². The van der Waals surface area contributed by atoms with E-state index in [0.29, 0.717) is 6.54 Å². The van der Waals surface area contributed by atoms with Crippen LogP contribution in [0.25, 0.3) is 0 Å². The van der Waals surface area contributed by atoms with Gasteiger partial charge < -0.3 is 10.6 Å². The minimum Gasteiger partial charge on any atom is -0.352 e. The first-order valence-corrected chi connectivity index (χ1v) is 7.56. The summed E-state index contributed by atoms with van der Waals surface area (Å²) in [5, 5.41) is 10.8. The molecule has 0 radical (unpaired) electrons. The van der Waals surface area contributed by atoms with Gasteiger partial charge in [0.2, 0.25) is 5.91 Å². The van der Waals surface area contributed by atoms with E-state index in [4.69, 9.17) is 0 Å². The van der Waals surface area contributed by atoms with Crippen LogP contribution in [0.3, 0.4) is 0 Å². The van der Waals surface area contributed by atoms with Crippen LogP contribution in [0, 0.1) is 13.8 Å². The van der Waals surface area contributed by atoms with Crippen LogP contribution in [0.15, 0.2) is 0 Å². The average Bonchev–Trinajstić information content (AvgIpc) is 2.68. The predicted octanol–water partition coefficient (Wildman–Crippen LogP) is 1.91. The standard InChI is InChI=1S/C15H28N4O/c1-6-13(7-2)17-15(20)10-19-12(5)14(9-16-8-3)11(4)18-19/h13,16H,6-10H2,1-5H3,(H,17,20). The first-order valence-electron chi connectivity index (χ1n) is 7.56. The molecule has 2 N–H and O–H groups in total. The Morgan fingerprint density at radius 3 is 2.45 bits per heavy atom. The van der Waals surface area contributed by atoms with E-state index in [2.05, 4.69) is 36.5 Å². The number of nitrogens with one attached hydrogen (secondary N) is 2. The van der Waals surface area contributed by atoms with Gasteiger partial charge in [0.1, 0.15) is 6.54 Å². The fourth-order valence-electron chi connectivity index (χ4n) is 2.30. The minimum absolute atomic E-state index is 0.0410. The highest BCUT2D eigenvalue weighted by molar-refractivity contribution is 5.76. The van der Waals surface area contributed by atoms with Crippen molar-refractivity contribution in [2.24, 2.45) is 0 Å². The number of hydrogen-bond donors (Lipinski definition) is 2. The van der Waals surface area contributed by atoms with E-state index < -0.39 is 0 Å². The molecular formula is C15H28N4O. The van der Waals surface area contributed by atoms with E-state index in [1.807, 2.05) is 13.8 Å². The summed E-state index contributed by atoms with van der Waals surface area (Å²) in [4.78, 5) is 12.0. The summed E-state index contributed by atoms with van der Waals surface area (Å²) in [6, 6.07) is 0.265. The Morgan fingerprint density at radius 2 is 1.90 bits per heavy atom. The zero-order valence-corrected chi connectivity index (χ0v) is 13.4. The lowest BCUT2D eigenvalue weighted by molar-refractivity contribution is -0.122. The van der Waals surface area contributed by atoms with E-state index in [1.165, 1.54) is 5.56 Å². The van der Waals surface area contributed by atoms with Crippen LogP contribution in [0.1, 0.15) is 50.6 Å². The number of aromatic nitrogens is 2. The maximum atomic E-state index is 12.0. The van der Waals surface area contributed by atoms with E-state index in [0.717, 1.165) is 37.3 Å². The molecule has 0 bridgehead atoms. The van der Waals surface area contributed by atoms with Crippen molar-refractivity contribution in [1.29, 1.82) is 0 Å². The van der Waals surface area contributed by atoms with Crippen LogP contribution in [-0.4, -0.2) is 28.3 Å². The molecule has 0 saturated heterocycles. The molecule has 0 unspecified atom stereocenters. The zero-order valence-electron chi connectivity index (χ0n) is 13.4. The molecular weight excluding hydrogens is 252 g/mol. The molecule has 1 rings (SSSR count). The molecule has 0 aliphatic rings. The van der Waals surface area contributed by atoms with Crippen LogP contribution in [0.4, 0.5) is 0 Å². The van der Waals surface area contributed by atoms with Crippen LogP contribution < -0.4 is 10.6 Å². The normalized spacial score (nSPS) is 11.1. The Balaban J connectivity index is 2.70. The SMILES string of the molecule is CCNCc1c(C)nn(CC(=O)NC(CC)CC)c1C. The Labute approximate surface area is 122 Å². The molecule has 1 amide bonds. The van der Waals surface area contributed by atoms with Gasteiger partial charge in [-0.05, 0) is 33.2 Å². The van der Waals surface area contributed by atoms with Gasteiger partial charge in [0, 0.05) is 23.8 Å². The number of carbonyl (C=O) groups is 1. The third kappa shape index (κ3) is 4.34. The summed E-state index contributed by atoms with van der Waals surface area (Å²) < 4.78 is 1.81. The second-order valence-electron chi connectivity index (χ2n) is 5.17. The number of carbonyl (C=O) groups excluding carboxylic acids is 1. The molecule has 5 heteroatoms. The fourth-order valence-corrected chi connectivity index (χ4v) is 2.30. The summed E-state index contributed by atoms with van der Waals surface area (Å²) in [6.45, 7) is 12.3. The maximum Gasteiger partial charge on any atom is 0.241 e. The van der Waals surface area contributed by atoms with Gasteiger partial charge in [-0.3, -0.25) is 9.48 Å². The Morgan fingerprint density at radius 1 is 1.25 bits per heavy atom. The lowest BCUT2D eigenvalue weighted by atomic mass is 10.2. The molecule has 0 aliphatic heterocycles. The summed E-state index contributed by atoms with van der Waals surface area (Å²) in [5.74, 6) is 0.0410. The summed E-state index contributed by atoms with van der Waals surface area (Å²) in [5.41, 5.74) is 3.27. The highest BCUT2D eigenvalue weighted by Gasteiger charge is 2.14. The van der Waals surface area contributed by atoms with Crippen LogP contribution >= 0.6 is 0 Å². The Bertz CT molecular complexity index is 435. The fraction of sp³-hybridized carbons (Fsp3) is 0.733. The van der Waals surface area contributed by atoms with E-state index >= 15 is 0 Å². The van der Waals surface area contributed by atoms with Crippen LogP contribution in [-0.2, 0) is 17.9 Å². The quantitative estimate of drug-likeness (QED) is 0.765. The molecule has 0 fully saturated rings. The second-order valence-corrected chi connectivity index (χ2v) is 5.17. The van der Waals surface area contributed by atoms with Crippen molar-refractivity contribution in [3.63, 3.8) is 0 Å². The summed E-state index contributed by atoms with van der Waals surface area (Å²) in [6.07, 6.45) is 1.93. The van der Waals surface area contributed by atoms with Gasteiger partial charge in [0.05, 0.1) is 5.69 Å². The minimum atomic E-state index is 0.0410. The van der Waals surface area contributed by atoms with Gasteiger partial charge in [-0.15, -0.1) is 0 Å². The lowest BCUT2D eigenvalue weighted by Gasteiger charge is -2.15. The molecule has 5 nitrogen and oxygen atoms in total. The Hall–Kier alpha value is -1.36. The highest BCUT2D eigenvalue weighted by Crippen LogP contribution is 2.12. The van der Waals surface area contributed by atoms with Gasteiger partial charge in [0.15, 0.2) is 0 Å². The molecule has 114 valence electrons. The van der Waals surface area contributed by atoms with Gasteiger partial charge >= 0.3 is 0 Å². The van der Waals surface area contributed by atoms with E-state index in [-0.39, 0.29) is 11.9 Å². The van der Waals surface area contributed by atoms with Crippen molar-refractivity contribution in [3.8, 4) is 0 Å². The molecule has 0 atom stereocenters. The number of aryl methyl sites for hydroxylation is 1. The predicted molar refractivity (Wildman–Crippen MR) is 81.6 cm³/mol. The third-order valence-corrected chi connectivity index (χ3v) is 3.73. The smallest absolute Gasteiger partial charge is 0.241 e. The van der Waals surface area contributed by atoms with E-state index in [9.17, 15) is 4.79 Å². The molecule has 0 saturated carbocycles. The molecule has 20 heavy (non-hydrogen) atoms. The molecule has 0 aliphatic carbocycles. The average molecular weight is 280 g/mol. The number of nitrogens with zero attached hydrogens (tertiary/aromatic N) is 2. The van der Waals surface area contributed by atoms with Gasteiger partial charge in [-0.2, -0.15) is 5.10 Å². The molecule has 1 heterocycles. The number of amides is 1. The van der Waals surface area contributed by atoms with Crippen LogP contribution in [0.5, 0.6) is 0 Å².